The number of Topliss-reactive ketones (excluding diaryl/α,β-unsaturated/α-hetero) is 1. The standard InChI is InChI=1S/C27H19N3O5S/c28-15-18-12-21-20(27(32)33)10-11-34-24(21)14-23(18)35-19-8-6-16(7-9-19)22(31)13-25-29-30-26(36-25)17-4-2-1-3-5-17/h1-9,12,14,20H,10-11,13H2,(H,32,33). The fourth-order valence-corrected chi connectivity index (χ4v) is 4.79. The van der Waals surface area contributed by atoms with Crippen LogP contribution in [0, 0.1) is 11.3 Å². The van der Waals surface area contributed by atoms with Crippen LogP contribution in [0.25, 0.3) is 10.6 Å². The monoisotopic (exact) mass is 497 g/mol. The van der Waals surface area contributed by atoms with Gasteiger partial charge in [-0.25, -0.2) is 0 Å². The van der Waals surface area contributed by atoms with Gasteiger partial charge in [-0.05, 0) is 36.8 Å². The number of carbonyl (C=O) groups is 2. The highest BCUT2D eigenvalue weighted by atomic mass is 32.1. The highest BCUT2D eigenvalue weighted by Crippen LogP contribution is 2.39. The first-order valence-corrected chi connectivity index (χ1v) is 12.0. The van der Waals surface area contributed by atoms with Gasteiger partial charge in [-0.15, -0.1) is 10.2 Å². The molecule has 1 aromatic heterocycles. The van der Waals surface area contributed by atoms with Gasteiger partial charge >= 0.3 is 5.97 Å². The Morgan fingerprint density at radius 2 is 1.89 bits per heavy atom. The summed E-state index contributed by atoms with van der Waals surface area (Å²) in [6.45, 7) is 0.271. The molecule has 1 atom stereocenters. The van der Waals surface area contributed by atoms with Crippen molar-refractivity contribution >= 4 is 23.1 Å². The van der Waals surface area contributed by atoms with Gasteiger partial charge in [0.2, 0.25) is 0 Å². The van der Waals surface area contributed by atoms with Crippen LogP contribution in [-0.2, 0) is 11.2 Å². The number of carboxylic acids is 1. The topological polar surface area (TPSA) is 122 Å². The van der Waals surface area contributed by atoms with Crippen LogP contribution in [0.15, 0.2) is 66.7 Å². The van der Waals surface area contributed by atoms with E-state index in [2.05, 4.69) is 16.3 Å². The van der Waals surface area contributed by atoms with E-state index in [1.165, 1.54) is 17.4 Å². The van der Waals surface area contributed by atoms with E-state index in [1.807, 2.05) is 30.3 Å². The van der Waals surface area contributed by atoms with Crippen LogP contribution in [-0.4, -0.2) is 33.7 Å². The molecule has 0 bridgehead atoms. The average Bonchev–Trinajstić information content (AvgIpc) is 3.37. The number of nitriles is 1. The third kappa shape index (κ3) is 4.80. The first-order chi connectivity index (χ1) is 17.5. The molecule has 0 saturated heterocycles. The zero-order valence-corrected chi connectivity index (χ0v) is 19.7. The predicted molar refractivity (Wildman–Crippen MR) is 132 cm³/mol. The van der Waals surface area contributed by atoms with E-state index in [1.54, 1.807) is 30.3 Å². The van der Waals surface area contributed by atoms with E-state index >= 15 is 0 Å². The summed E-state index contributed by atoms with van der Waals surface area (Å²) in [5, 5.41) is 28.8. The first-order valence-electron chi connectivity index (χ1n) is 11.1. The number of ether oxygens (including phenoxy) is 2. The second kappa shape index (κ2) is 9.98. The third-order valence-corrected chi connectivity index (χ3v) is 6.75. The van der Waals surface area contributed by atoms with Gasteiger partial charge in [-0.3, -0.25) is 9.59 Å². The summed E-state index contributed by atoms with van der Waals surface area (Å²) in [7, 11) is 0. The number of nitrogens with zero attached hydrogens (tertiary/aromatic N) is 3. The van der Waals surface area contributed by atoms with E-state index < -0.39 is 11.9 Å². The Hall–Kier alpha value is -4.55. The van der Waals surface area contributed by atoms with Crippen molar-refractivity contribution in [1.29, 1.82) is 5.26 Å². The molecule has 0 saturated carbocycles. The fraction of sp³-hybridized carbons (Fsp3) is 0.148. The van der Waals surface area contributed by atoms with Crippen LogP contribution in [0.3, 0.4) is 0 Å². The molecule has 2 heterocycles. The van der Waals surface area contributed by atoms with Crippen molar-refractivity contribution < 1.29 is 24.2 Å². The van der Waals surface area contributed by atoms with Gasteiger partial charge in [0.1, 0.15) is 33.3 Å². The maximum absolute atomic E-state index is 12.8. The Bertz CT molecular complexity index is 1480. The van der Waals surface area contributed by atoms with Crippen LogP contribution in [0.1, 0.15) is 38.8 Å². The molecule has 5 rings (SSSR count). The molecule has 0 fully saturated rings. The van der Waals surface area contributed by atoms with Gasteiger partial charge in [-0.2, -0.15) is 5.26 Å². The summed E-state index contributed by atoms with van der Waals surface area (Å²) in [6.07, 6.45) is 0.476. The number of ketones is 1. The number of hydrogen-bond acceptors (Lipinski definition) is 8. The van der Waals surface area contributed by atoms with Crippen LogP contribution in [0.4, 0.5) is 0 Å². The second-order valence-electron chi connectivity index (χ2n) is 8.12. The lowest BCUT2D eigenvalue weighted by Gasteiger charge is -2.24. The lowest BCUT2D eigenvalue weighted by molar-refractivity contribution is -0.139. The van der Waals surface area contributed by atoms with Gasteiger partial charge in [0, 0.05) is 22.8 Å². The number of carboxylic acid groups (broad SMARTS) is 1. The molecular weight excluding hydrogens is 478 g/mol. The van der Waals surface area contributed by atoms with Crippen molar-refractivity contribution in [2.45, 2.75) is 18.8 Å². The van der Waals surface area contributed by atoms with Crippen molar-refractivity contribution in [1.82, 2.24) is 10.2 Å². The van der Waals surface area contributed by atoms with Gasteiger partial charge in [0.25, 0.3) is 0 Å². The van der Waals surface area contributed by atoms with E-state index in [9.17, 15) is 20.0 Å². The maximum atomic E-state index is 12.8. The van der Waals surface area contributed by atoms with Gasteiger partial charge in [0.15, 0.2) is 5.78 Å². The molecule has 1 N–H and O–H groups in total. The highest BCUT2D eigenvalue weighted by Gasteiger charge is 2.29. The first kappa shape index (κ1) is 23.2. The molecule has 36 heavy (non-hydrogen) atoms. The van der Waals surface area contributed by atoms with Crippen LogP contribution >= 0.6 is 11.3 Å². The number of rotatable bonds is 7. The van der Waals surface area contributed by atoms with Crippen LogP contribution < -0.4 is 9.47 Å². The number of carbonyl (C=O) groups excluding carboxylic acids is 1. The van der Waals surface area contributed by atoms with Crippen molar-refractivity contribution in [3.8, 4) is 33.9 Å². The molecule has 3 aromatic carbocycles. The minimum absolute atomic E-state index is 0.100. The van der Waals surface area contributed by atoms with Crippen molar-refractivity contribution in [3.63, 3.8) is 0 Å². The Morgan fingerprint density at radius 1 is 1.11 bits per heavy atom. The minimum Gasteiger partial charge on any atom is -0.493 e. The number of hydrogen-bond donors (Lipinski definition) is 1. The number of fused-ring (bicyclic) bond motifs is 1. The Kier molecular flexibility index (Phi) is 6.43. The normalized spacial score (nSPS) is 14.2. The highest BCUT2D eigenvalue weighted by molar-refractivity contribution is 7.14. The molecule has 1 aliphatic heterocycles. The van der Waals surface area contributed by atoms with E-state index in [0.29, 0.717) is 34.1 Å². The molecule has 9 heteroatoms. The summed E-state index contributed by atoms with van der Waals surface area (Å²) < 4.78 is 11.5. The van der Waals surface area contributed by atoms with Crippen molar-refractivity contribution in [2.75, 3.05) is 6.61 Å². The lowest BCUT2D eigenvalue weighted by Crippen LogP contribution is -2.21. The minimum atomic E-state index is -0.956. The van der Waals surface area contributed by atoms with Gasteiger partial charge in [-0.1, -0.05) is 41.7 Å². The van der Waals surface area contributed by atoms with Crippen molar-refractivity contribution in [3.05, 3.63) is 88.4 Å². The predicted octanol–water partition coefficient (Wildman–Crippen LogP) is 5.25. The lowest BCUT2D eigenvalue weighted by atomic mass is 9.91. The summed E-state index contributed by atoms with van der Waals surface area (Å²) in [4.78, 5) is 24.3. The summed E-state index contributed by atoms with van der Waals surface area (Å²) >= 11 is 1.38. The molecular formula is C27H19N3O5S. The number of benzene rings is 3. The Morgan fingerprint density at radius 3 is 2.61 bits per heavy atom. The maximum Gasteiger partial charge on any atom is 0.311 e. The number of aliphatic carboxylic acids is 1. The van der Waals surface area contributed by atoms with E-state index in [0.717, 1.165) is 10.6 Å². The van der Waals surface area contributed by atoms with Gasteiger partial charge in [0.05, 0.1) is 24.5 Å². The smallest absolute Gasteiger partial charge is 0.311 e. The Labute approximate surface area is 210 Å². The summed E-state index contributed by atoms with van der Waals surface area (Å²) in [6, 6.07) is 21.4. The number of aromatic nitrogens is 2. The van der Waals surface area contributed by atoms with Crippen LogP contribution in [0.5, 0.6) is 17.2 Å². The third-order valence-electron chi connectivity index (χ3n) is 5.77. The SMILES string of the molecule is N#Cc1cc2c(cc1Oc1ccc(C(=O)Cc3nnc(-c4ccccc4)s3)cc1)OCCC2C(=O)O. The quantitative estimate of drug-likeness (QED) is 0.344. The molecule has 8 nitrogen and oxygen atoms in total. The molecule has 1 unspecified atom stereocenters. The largest absolute Gasteiger partial charge is 0.493 e. The average molecular weight is 498 g/mol. The molecule has 0 radical (unpaired) electrons. The molecule has 178 valence electrons. The van der Waals surface area contributed by atoms with Gasteiger partial charge < -0.3 is 14.6 Å². The second-order valence-corrected chi connectivity index (χ2v) is 9.18. The van der Waals surface area contributed by atoms with Crippen molar-refractivity contribution in [2.24, 2.45) is 0 Å². The molecule has 1 aliphatic rings. The molecule has 0 spiro atoms. The molecule has 0 aliphatic carbocycles. The molecule has 4 aromatic rings. The Balaban J connectivity index is 1.29. The fourth-order valence-electron chi connectivity index (χ4n) is 3.94. The molecule has 0 amide bonds. The zero-order valence-electron chi connectivity index (χ0n) is 18.9. The summed E-state index contributed by atoms with van der Waals surface area (Å²) in [5.74, 6) is -0.711. The van der Waals surface area contributed by atoms with Crippen LogP contribution in [0.2, 0.25) is 0 Å². The van der Waals surface area contributed by atoms with E-state index in [-0.39, 0.29) is 30.1 Å². The van der Waals surface area contributed by atoms with E-state index in [4.69, 9.17) is 9.47 Å². The summed E-state index contributed by atoms with van der Waals surface area (Å²) in [5.41, 5.74) is 2.12. The zero-order chi connectivity index (χ0) is 25.1.